The van der Waals surface area contributed by atoms with E-state index in [2.05, 4.69) is 9.40 Å². The van der Waals surface area contributed by atoms with Crippen LogP contribution < -0.4 is 11.4 Å². The summed E-state index contributed by atoms with van der Waals surface area (Å²) in [5.74, 6) is -0.313. The lowest BCUT2D eigenvalue weighted by molar-refractivity contribution is 0.378. The molecule has 0 aliphatic carbocycles. The summed E-state index contributed by atoms with van der Waals surface area (Å²) in [6.07, 6.45) is 2.51. The largest absolute Gasteiger partial charge is 0.423 e. The molecule has 0 N–H and O–H groups in total. The zero-order valence-corrected chi connectivity index (χ0v) is 9.84. The Kier molecular flexibility index (Phi) is 3.08. The molecule has 0 radical (unpaired) electrons. The summed E-state index contributed by atoms with van der Waals surface area (Å²) >= 11 is 0. The van der Waals surface area contributed by atoms with Gasteiger partial charge in [-0.3, -0.25) is 4.57 Å². The molecule has 17 heavy (non-hydrogen) atoms. The fourth-order valence-corrected chi connectivity index (χ4v) is 1.65. The summed E-state index contributed by atoms with van der Waals surface area (Å²) in [7, 11) is 0. The van der Waals surface area contributed by atoms with Crippen LogP contribution in [-0.2, 0) is 6.54 Å². The fourth-order valence-electron chi connectivity index (χ4n) is 1.65. The second-order valence-corrected chi connectivity index (χ2v) is 4.15. The summed E-state index contributed by atoms with van der Waals surface area (Å²) in [5, 5.41) is 0.343. The molecule has 0 saturated carbocycles. The second kappa shape index (κ2) is 4.53. The molecule has 0 bridgehead atoms. The Hall–Kier alpha value is -1.91. The van der Waals surface area contributed by atoms with Crippen LogP contribution in [0.25, 0.3) is 11.0 Å². The summed E-state index contributed by atoms with van der Waals surface area (Å²) in [5.41, 5.74) is -0.229. The van der Waals surface area contributed by atoms with E-state index >= 15 is 0 Å². The Morgan fingerprint density at radius 2 is 2.24 bits per heavy atom. The topological polar surface area (TPSA) is 65.1 Å². The zero-order valence-electron chi connectivity index (χ0n) is 9.84. The molecule has 0 aromatic carbocycles. The second-order valence-electron chi connectivity index (χ2n) is 4.15. The molecule has 2 heterocycles. The van der Waals surface area contributed by atoms with E-state index in [1.807, 2.05) is 13.8 Å². The minimum absolute atomic E-state index is 0.325. The molecule has 0 saturated heterocycles. The van der Waals surface area contributed by atoms with Crippen molar-refractivity contribution in [2.75, 3.05) is 0 Å². The first kappa shape index (κ1) is 11.6. The molecule has 0 fully saturated rings. The Labute approximate surface area is 97.7 Å². The van der Waals surface area contributed by atoms with Gasteiger partial charge in [-0.15, -0.1) is 0 Å². The van der Waals surface area contributed by atoms with Gasteiger partial charge in [0.1, 0.15) is 5.39 Å². The smallest absolute Gasteiger partial charge is 0.372 e. The molecule has 2 aromatic heterocycles. The maximum atomic E-state index is 11.7. The minimum Gasteiger partial charge on any atom is -0.372 e. The molecular formula is C12H14N2O3. The van der Waals surface area contributed by atoms with Gasteiger partial charge in [0.05, 0.1) is 0 Å². The first-order valence-electron chi connectivity index (χ1n) is 5.62. The Balaban J connectivity index is 2.70. The molecule has 2 rings (SSSR count). The van der Waals surface area contributed by atoms with Crippen LogP contribution in [0.4, 0.5) is 0 Å². The highest BCUT2D eigenvalue weighted by molar-refractivity contribution is 5.72. The number of fused-ring (bicyclic) bond motifs is 1. The molecule has 5 heteroatoms. The van der Waals surface area contributed by atoms with Crippen molar-refractivity contribution in [3.63, 3.8) is 0 Å². The molecular weight excluding hydrogens is 220 g/mol. The average Bonchev–Trinajstić information content (AvgIpc) is 2.34. The van der Waals surface area contributed by atoms with Crippen molar-refractivity contribution < 1.29 is 4.42 Å². The molecule has 5 nitrogen and oxygen atoms in total. The Morgan fingerprint density at radius 1 is 1.47 bits per heavy atom. The van der Waals surface area contributed by atoms with E-state index in [0.717, 1.165) is 6.42 Å². The van der Waals surface area contributed by atoms with Gasteiger partial charge in [-0.05, 0) is 18.1 Å². The fraction of sp³-hybridized carbons (Fsp3) is 0.417. The van der Waals surface area contributed by atoms with Crippen LogP contribution in [0.2, 0.25) is 0 Å². The van der Waals surface area contributed by atoms with Crippen molar-refractivity contribution in [2.45, 2.75) is 26.8 Å². The minimum atomic E-state index is -0.637. The quantitative estimate of drug-likeness (QED) is 0.805. The monoisotopic (exact) mass is 234 g/mol. The number of aromatic nitrogens is 2. The van der Waals surface area contributed by atoms with Crippen LogP contribution in [0.3, 0.4) is 0 Å². The van der Waals surface area contributed by atoms with E-state index in [0.29, 0.717) is 23.5 Å². The van der Waals surface area contributed by atoms with Gasteiger partial charge in [0.15, 0.2) is 5.65 Å². The predicted octanol–water partition coefficient (Wildman–Crippen LogP) is 1.40. The number of nitrogens with zero attached hydrogens (tertiary/aromatic N) is 2. The van der Waals surface area contributed by atoms with Crippen molar-refractivity contribution in [2.24, 2.45) is 5.92 Å². The van der Waals surface area contributed by atoms with E-state index in [-0.39, 0.29) is 0 Å². The van der Waals surface area contributed by atoms with Gasteiger partial charge in [-0.25, -0.2) is 14.6 Å². The molecule has 0 spiro atoms. The molecule has 0 aliphatic heterocycles. The first-order chi connectivity index (χ1) is 8.13. The van der Waals surface area contributed by atoms with E-state index in [4.69, 9.17) is 0 Å². The highest BCUT2D eigenvalue weighted by atomic mass is 16.4. The van der Waals surface area contributed by atoms with Crippen LogP contribution in [0.15, 0.2) is 32.3 Å². The van der Waals surface area contributed by atoms with Crippen LogP contribution in [0, 0.1) is 5.92 Å². The maximum Gasteiger partial charge on any atom is 0.423 e. The third kappa shape index (κ3) is 2.13. The third-order valence-electron chi connectivity index (χ3n) is 2.85. The lowest BCUT2D eigenvalue weighted by atomic mass is 10.1. The summed E-state index contributed by atoms with van der Waals surface area (Å²) in [6.45, 7) is 4.59. The van der Waals surface area contributed by atoms with Crippen molar-refractivity contribution in [1.82, 2.24) is 9.55 Å². The van der Waals surface area contributed by atoms with Crippen LogP contribution in [0.5, 0.6) is 0 Å². The van der Waals surface area contributed by atoms with Crippen molar-refractivity contribution in [3.8, 4) is 0 Å². The summed E-state index contributed by atoms with van der Waals surface area (Å²) < 4.78 is 6.10. The molecule has 90 valence electrons. The van der Waals surface area contributed by atoms with Crippen molar-refractivity contribution >= 4 is 11.0 Å². The summed E-state index contributed by atoms with van der Waals surface area (Å²) in [6, 6.07) is 3.26. The van der Waals surface area contributed by atoms with E-state index in [9.17, 15) is 9.59 Å². The predicted molar refractivity (Wildman–Crippen MR) is 64.0 cm³/mol. The maximum absolute atomic E-state index is 11.7. The summed E-state index contributed by atoms with van der Waals surface area (Å²) in [4.78, 5) is 27.2. The number of hydrogen-bond donors (Lipinski definition) is 0. The highest BCUT2D eigenvalue weighted by Crippen LogP contribution is 2.08. The molecule has 0 unspecified atom stereocenters. The molecule has 0 aliphatic rings. The molecule has 0 amide bonds. The average molecular weight is 234 g/mol. The van der Waals surface area contributed by atoms with Gasteiger partial charge in [-0.2, -0.15) is 0 Å². The zero-order chi connectivity index (χ0) is 12.4. The third-order valence-corrected chi connectivity index (χ3v) is 2.85. The van der Waals surface area contributed by atoms with Crippen LogP contribution in [-0.4, -0.2) is 9.55 Å². The normalized spacial score (nSPS) is 12.8. The standard InChI is InChI=1S/C12H14N2O3/c1-3-8(2)7-14-10-9(5-4-6-13-10)11(15)17-12(14)16/h4-6,8H,3,7H2,1-2H3/t8-/m0/s1. The molecule has 1 atom stereocenters. The van der Waals surface area contributed by atoms with E-state index < -0.39 is 11.4 Å². The van der Waals surface area contributed by atoms with Crippen molar-refractivity contribution in [3.05, 3.63) is 39.3 Å². The van der Waals surface area contributed by atoms with Crippen LogP contribution >= 0.6 is 0 Å². The van der Waals surface area contributed by atoms with Gasteiger partial charge in [0.2, 0.25) is 0 Å². The number of hydrogen-bond acceptors (Lipinski definition) is 4. The van der Waals surface area contributed by atoms with Gasteiger partial charge in [-0.1, -0.05) is 20.3 Å². The Bertz CT molecular complexity index is 642. The SMILES string of the molecule is CC[C@H](C)Cn1c(=O)oc(=O)c2cccnc21. The lowest BCUT2D eigenvalue weighted by Crippen LogP contribution is -2.27. The van der Waals surface area contributed by atoms with Gasteiger partial charge < -0.3 is 4.42 Å². The first-order valence-corrected chi connectivity index (χ1v) is 5.62. The van der Waals surface area contributed by atoms with Gasteiger partial charge in [0.25, 0.3) is 0 Å². The van der Waals surface area contributed by atoms with E-state index in [1.54, 1.807) is 18.3 Å². The lowest BCUT2D eigenvalue weighted by Gasteiger charge is -2.11. The highest BCUT2D eigenvalue weighted by Gasteiger charge is 2.11. The number of rotatable bonds is 3. The van der Waals surface area contributed by atoms with E-state index in [1.165, 1.54) is 4.57 Å². The number of pyridine rings is 1. The van der Waals surface area contributed by atoms with Gasteiger partial charge in [0, 0.05) is 12.7 Å². The van der Waals surface area contributed by atoms with Gasteiger partial charge >= 0.3 is 11.4 Å². The van der Waals surface area contributed by atoms with Crippen LogP contribution in [0.1, 0.15) is 20.3 Å². The molecule has 2 aromatic rings. The van der Waals surface area contributed by atoms with Crippen molar-refractivity contribution in [1.29, 1.82) is 0 Å². The Morgan fingerprint density at radius 3 is 2.94 bits per heavy atom.